The van der Waals surface area contributed by atoms with Crippen LogP contribution in [0.2, 0.25) is 0 Å². The summed E-state index contributed by atoms with van der Waals surface area (Å²) >= 11 is 0. The lowest BCUT2D eigenvalue weighted by Crippen LogP contribution is -2.05. The van der Waals surface area contributed by atoms with E-state index in [0.29, 0.717) is 0 Å². The van der Waals surface area contributed by atoms with E-state index in [1.807, 2.05) is 0 Å². The van der Waals surface area contributed by atoms with E-state index in [1.54, 1.807) is 0 Å². The van der Waals surface area contributed by atoms with Crippen LogP contribution in [0.1, 0.15) is 199 Å². The van der Waals surface area contributed by atoms with Gasteiger partial charge in [0.05, 0.1) is 56.6 Å². The van der Waals surface area contributed by atoms with E-state index < -0.39 is 0 Å². The standard InChI is InChI=1S/C76H80N8/c1-17-45-37(9)57-31-65-49(21-5)41(13)73(81-65)71(74-42(14)50(22-6)66(82-74)32-58-38(10)46(18-2)62(78-58)35-61(45)77-57)55-29-25-27-53-54-28-26-30-56(70(54)69(53)55)72-75-43(15)51(23-7)67(83-75)33-59-39(11)47(19-3)63(79-59)36-64-48(20-4)40(12)60(80-64)34-68-52(24-8)44(16)76(72)84-68/h25-36,77,79,82,84H,17-24H2,1-16H3. The van der Waals surface area contributed by atoms with E-state index >= 15 is 0 Å². The molecule has 0 amide bonds. The first kappa shape index (κ1) is 54.9. The highest BCUT2D eigenvalue weighted by molar-refractivity contribution is 6.18. The van der Waals surface area contributed by atoms with Crippen molar-refractivity contribution in [3.8, 4) is 44.5 Å². The molecule has 10 heterocycles. The molecule has 84 heavy (non-hydrogen) atoms. The lowest BCUT2D eigenvalue weighted by atomic mass is 9.72. The van der Waals surface area contributed by atoms with E-state index in [2.05, 4.69) is 204 Å². The molecule has 4 aliphatic heterocycles. The first-order valence-electron chi connectivity index (χ1n) is 31.2. The van der Waals surface area contributed by atoms with Gasteiger partial charge >= 0.3 is 0 Å². The predicted octanol–water partition coefficient (Wildman–Crippen LogP) is 20.8. The van der Waals surface area contributed by atoms with Gasteiger partial charge in [-0.15, -0.1) is 0 Å². The van der Waals surface area contributed by atoms with Crippen molar-refractivity contribution in [3.63, 3.8) is 0 Å². The molecule has 6 aromatic heterocycles. The molecule has 8 aromatic rings. The van der Waals surface area contributed by atoms with Gasteiger partial charge in [0.1, 0.15) is 0 Å². The van der Waals surface area contributed by atoms with Crippen LogP contribution in [0, 0.1) is 27.7 Å². The van der Waals surface area contributed by atoms with Gasteiger partial charge in [-0.25, -0.2) is 19.9 Å². The summed E-state index contributed by atoms with van der Waals surface area (Å²) in [5.41, 5.74) is 46.8. The summed E-state index contributed by atoms with van der Waals surface area (Å²) in [5, 5.41) is 0. The Morgan fingerprint density at radius 1 is 0.286 bits per heavy atom. The minimum absolute atomic E-state index is 0.850. The van der Waals surface area contributed by atoms with Crippen molar-refractivity contribution in [2.24, 2.45) is 0 Å². The quantitative estimate of drug-likeness (QED) is 0.109. The Morgan fingerprint density at radius 3 is 0.940 bits per heavy atom. The summed E-state index contributed by atoms with van der Waals surface area (Å²) in [5.74, 6) is 0. The van der Waals surface area contributed by atoms with Crippen LogP contribution in [0.5, 0.6) is 0 Å². The zero-order valence-corrected chi connectivity index (χ0v) is 52.4. The summed E-state index contributed by atoms with van der Waals surface area (Å²) in [6.45, 7) is 36.4. The van der Waals surface area contributed by atoms with Crippen LogP contribution in [0.25, 0.3) is 133 Å². The molecule has 8 nitrogen and oxygen atoms in total. The van der Waals surface area contributed by atoms with Crippen molar-refractivity contribution in [1.82, 2.24) is 39.9 Å². The smallest absolute Gasteiger partial charge is 0.0769 e. The number of allylic oxidation sites excluding steroid dienone is 8. The maximum Gasteiger partial charge on any atom is 0.0769 e. The number of fused-ring (bicyclic) bond motifs is 20. The van der Waals surface area contributed by atoms with Gasteiger partial charge in [-0.3, -0.25) is 0 Å². The number of hydrogen-bond donors (Lipinski definition) is 4. The number of nitrogens with zero attached hydrogens (tertiary/aromatic N) is 4. The molecule has 13 rings (SSSR count). The van der Waals surface area contributed by atoms with Crippen LogP contribution in [-0.2, 0) is 25.7 Å². The molecular weight excluding hydrogens is 1020 g/mol. The van der Waals surface area contributed by atoms with Gasteiger partial charge in [-0.2, -0.15) is 0 Å². The highest BCUT2D eigenvalue weighted by Crippen LogP contribution is 2.58. The Hall–Kier alpha value is -8.36. The molecule has 424 valence electrons. The number of aryl methyl sites for hydroxylation is 8. The van der Waals surface area contributed by atoms with Gasteiger partial charge in [-0.1, -0.05) is 91.8 Å². The Bertz CT molecular complexity index is 4420. The van der Waals surface area contributed by atoms with Gasteiger partial charge in [0.15, 0.2) is 0 Å². The zero-order chi connectivity index (χ0) is 58.9. The Kier molecular flexibility index (Phi) is 13.6. The first-order chi connectivity index (χ1) is 40.6. The summed E-state index contributed by atoms with van der Waals surface area (Å²) in [6.07, 6.45) is 7.04. The zero-order valence-electron chi connectivity index (χ0n) is 52.4. The largest absolute Gasteiger partial charge is 0.355 e. The molecule has 0 unspecified atom stereocenters. The Labute approximate surface area is 495 Å². The van der Waals surface area contributed by atoms with Crippen molar-refractivity contribution in [3.05, 3.63) is 163 Å². The first-order valence-corrected chi connectivity index (χ1v) is 31.2. The molecule has 2 aromatic carbocycles. The number of aromatic amines is 4. The Balaban J connectivity index is 1.17. The van der Waals surface area contributed by atoms with Crippen molar-refractivity contribution < 1.29 is 0 Å². The Morgan fingerprint density at radius 2 is 0.583 bits per heavy atom. The third-order valence-corrected chi connectivity index (χ3v) is 19.9. The topological polar surface area (TPSA) is 115 Å². The fraction of sp³-hybridized carbons (Fsp3) is 0.316. The molecule has 0 radical (unpaired) electrons. The summed E-state index contributed by atoms with van der Waals surface area (Å²) in [7, 11) is 0. The van der Waals surface area contributed by atoms with Crippen LogP contribution in [0.3, 0.4) is 0 Å². The number of nitrogens with one attached hydrogen (secondary N) is 4. The van der Waals surface area contributed by atoms with E-state index in [4.69, 9.17) is 19.9 Å². The molecule has 5 aliphatic rings. The van der Waals surface area contributed by atoms with E-state index in [1.165, 1.54) is 122 Å². The number of hydrogen-bond acceptors (Lipinski definition) is 4. The summed E-state index contributed by atoms with van der Waals surface area (Å²) < 4.78 is 0. The maximum atomic E-state index is 5.85. The molecule has 0 saturated heterocycles. The van der Waals surface area contributed by atoms with Crippen LogP contribution in [0.15, 0.2) is 72.8 Å². The van der Waals surface area contributed by atoms with E-state index in [-0.39, 0.29) is 0 Å². The van der Waals surface area contributed by atoms with Gasteiger partial charge in [0, 0.05) is 44.2 Å². The predicted molar refractivity (Wildman–Crippen MR) is 358 cm³/mol. The number of aromatic nitrogens is 8. The number of benzene rings is 2. The van der Waals surface area contributed by atoms with Crippen molar-refractivity contribution >= 4 is 88.7 Å². The van der Waals surface area contributed by atoms with Crippen molar-refractivity contribution in [2.75, 3.05) is 0 Å². The molecule has 0 atom stereocenters. The fourth-order valence-electron chi connectivity index (χ4n) is 15.3. The van der Waals surface area contributed by atoms with Gasteiger partial charge < -0.3 is 19.9 Å². The molecule has 0 fully saturated rings. The maximum absolute atomic E-state index is 5.85. The molecule has 0 spiro atoms. The third kappa shape index (κ3) is 8.05. The summed E-state index contributed by atoms with van der Waals surface area (Å²) in [4.78, 5) is 38.7. The van der Waals surface area contributed by atoms with Crippen molar-refractivity contribution in [1.29, 1.82) is 0 Å². The molecular formula is C76H80N8. The monoisotopic (exact) mass is 1100 g/mol. The second kappa shape index (κ2) is 20.8. The highest BCUT2D eigenvalue weighted by atomic mass is 14.8. The van der Waals surface area contributed by atoms with E-state index in [0.717, 1.165) is 152 Å². The van der Waals surface area contributed by atoms with Crippen LogP contribution in [0.4, 0.5) is 0 Å². The molecule has 4 N–H and O–H groups in total. The normalized spacial score (nSPS) is 13.9. The molecule has 8 heteroatoms. The number of rotatable bonds is 10. The van der Waals surface area contributed by atoms with Crippen LogP contribution < -0.4 is 0 Å². The van der Waals surface area contributed by atoms with Gasteiger partial charge in [0.25, 0.3) is 0 Å². The molecule has 0 saturated carbocycles. The fourth-order valence-corrected chi connectivity index (χ4v) is 15.3. The lowest BCUT2D eigenvalue weighted by molar-refractivity contribution is 1.14. The SMILES string of the molecule is CCC1=C(C)c2cc3[nH]c(c(C)c3CC)c(-c3cccc4c3-c3c-4cccc3-c3c4nc(cc5[nH]c(cc6nc(cc7[nH]c3c(C)c7CC)C(C)=C6CC)c(CC)c5C)C(CC)=C4C)c3nc(cc4[nH]c(cc1n2)c(CC)c4C)C(CC)=C3C. The number of H-pyrrole nitrogens is 4. The highest BCUT2D eigenvalue weighted by Gasteiger charge is 2.35. The van der Waals surface area contributed by atoms with Crippen LogP contribution in [-0.4, -0.2) is 39.9 Å². The minimum atomic E-state index is 0.850. The van der Waals surface area contributed by atoms with E-state index in [9.17, 15) is 0 Å². The molecule has 1 aliphatic carbocycles. The summed E-state index contributed by atoms with van der Waals surface area (Å²) in [6, 6.07) is 27.7. The minimum Gasteiger partial charge on any atom is -0.355 e. The van der Waals surface area contributed by atoms with Crippen molar-refractivity contribution in [2.45, 2.75) is 162 Å². The lowest BCUT2D eigenvalue weighted by Gasteiger charge is -2.30. The van der Waals surface area contributed by atoms with Gasteiger partial charge in [0.2, 0.25) is 0 Å². The second-order valence-electron chi connectivity index (χ2n) is 23.9. The molecule has 16 bridgehead atoms. The third-order valence-electron chi connectivity index (χ3n) is 19.9. The van der Waals surface area contributed by atoms with Crippen LogP contribution >= 0.6 is 0 Å². The average Bonchev–Trinajstić information content (AvgIpc) is 2.74. The average molecular weight is 1110 g/mol. The van der Waals surface area contributed by atoms with Gasteiger partial charge in [-0.05, 0) is 266 Å². The second-order valence-corrected chi connectivity index (χ2v) is 23.9.